The SMILES string of the molecule is COC(=O)[C@]1(Cc2cccc(-c3ncc(F)cn3)c2)C[C@@H](N)[C@H](OC(=O)c2ccc([N+](=O)[O-])cc2)C1.Cl. The summed E-state index contributed by atoms with van der Waals surface area (Å²) in [6, 6.07) is 11.6. The number of benzene rings is 2. The average Bonchev–Trinajstić information content (AvgIpc) is 3.19. The molecule has 0 aliphatic heterocycles. The van der Waals surface area contributed by atoms with Crippen molar-refractivity contribution in [3.8, 4) is 11.4 Å². The van der Waals surface area contributed by atoms with Crippen molar-refractivity contribution in [3.63, 3.8) is 0 Å². The number of carbonyl (C=O) groups excluding carboxylic acids is 2. The number of aromatic nitrogens is 2. The Labute approximate surface area is 217 Å². The Hall–Kier alpha value is -3.96. The molecule has 37 heavy (non-hydrogen) atoms. The summed E-state index contributed by atoms with van der Waals surface area (Å²) in [5.74, 6) is -1.38. The molecule has 0 bridgehead atoms. The van der Waals surface area contributed by atoms with Gasteiger partial charge >= 0.3 is 11.9 Å². The lowest BCUT2D eigenvalue weighted by molar-refractivity contribution is -0.384. The molecule has 1 aromatic heterocycles. The van der Waals surface area contributed by atoms with Gasteiger partial charge in [-0.05, 0) is 36.6 Å². The summed E-state index contributed by atoms with van der Waals surface area (Å²) < 4.78 is 23.9. The van der Waals surface area contributed by atoms with Crippen LogP contribution in [0.5, 0.6) is 0 Å². The van der Waals surface area contributed by atoms with Gasteiger partial charge in [0.1, 0.15) is 6.10 Å². The van der Waals surface area contributed by atoms with Gasteiger partial charge in [-0.1, -0.05) is 18.2 Å². The van der Waals surface area contributed by atoms with E-state index >= 15 is 0 Å². The number of ether oxygens (including phenoxy) is 2. The van der Waals surface area contributed by atoms with Crippen LogP contribution in [0.3, 0.4) is 0 Å². The van der Waals surface area contributed by atoms with Crippen LogP contribution in [0.25, 0.3) is 11.4 Å². The fraction of sp³-hybridized carbons (Fsp3) is 0.280. The fourth-order valence-electron chi connectivity index (χ4n) is 4.53. The minimum Gasteiger partial charge on any atom is -0.469 e. The van der Waals surface area contributed by atoms with Crippen molar-refractivity contribution in [1.29, 1.82) is 0 Å². The third kappa shape index (κ3) is 6.07. The first-order valence-corrected chi connectivity index (χ1v) is 11.1. The number of methoxy groups -OCH3 is 1. The van der Waals surface area contributed by atoms with Crippen molar-refractivity contribution in [1.82, 2.24) is 9.97 Å². The highest BCUT2D eigenvalue weighted by molar-refractivity contribution is 5.90. The summed E-state index contributed by atoms with van der Waals surface area (Å²) in [5, 5.41) is 10.8. The van der Waals surface area contributed by atoms with Crippen LogP contribution in [-0.2, 0) is 20.7 Å². The quantitative estimate of drug-likeness (QED) is 0.274. The highest BCUT2D eigenvalue weighted by Gasteiger charge is 2.51. The lowest BCUT2D eigenvalue weighted by atomic mass is 9.79. The molecule has 4 rings (SSSR count). The van der Waals surface area contributed by atoms with E-state index in [1.165, 1.54) is 31.4 Å². The third-order valence-corrected chi connectivity index (χ3v) is 6.23. The summed E-state index contributed by atoms with van der Waals surface area (Å²) >= 11 is 0. The molecule has 2 N–H and O–H groups in total. The number of halogens is 2. The molecule has 12 heteroatoms. The molecule has 0 amide bonds. The van der Waals surface area contributed by atoms with Crippen LogP contribution in [0.15, 0.2) is 60.9 Å². The number of non-ortho nitro benzene ring substituents is 1. The van der Waals surface area contributed by atoms with Crippen molar-refractivity contribution in [2.75, 3.05) is 7.11 Å². The molecule has 0 saturated heterocycles. The first-order chi connectivity index (χ1) is 17.2. The molecule has 10 nitrogen and oxygen atoms in total. The van der Waals surface area contributed by atoms with Crippen LogP contribution >= 0.6 is 12.4 Å². The largest absolute Gasteiger partial charge is 0.469 e. The van der Waals surface area contributed by atoms with Crippen molar-refractivity contribution < 1.29 is 28.4 Å². The van der Waals surface area contributed by atoms with Gasteiger partial charge in [-0.2, -0.15) is 0 Å². The number of nitro groups is 1. The second-order valence-corrected chi connectivity index (χ2v) is 8.69. The minimum atomic E-state index is -1.04. The Morgan fingerprint density at radius 1 is 1.16 bits per heavy atom. The number of nitrogens with zero attached hydrogens (tertiary/aromatic N) is 3. The zero-order valence-corrected chi connectivity index (χ0v) is 20.5. The van der Waals surface area contributed by atoms with Gasteiger partial charge < -0.3 is 15.2 Å². The van der Waals surface area contributed by atoms with Gasteiger partial charge in [0.15, 0.2) is 11.6 Å². The summed E-state index contributed by atoms with van der Waals surface area (Å²) in [6.45, 7) is 0. The number of esters is 2. The summed E-state index contributed by atoms with van der Waals surface area (Å²) in [5.41, 5.74) is 6.66. The maximum atomic E-state index is 13.2. The van der Waals surface area contributed by atoms with Gasteiger partial charge in [0.05, 0.1) is 35.4 Å². The van der Waals surface area contributed by atoms with E-state index in [0.29, 0.717) is 11.4 Å². The Morgan fingerprint density at radius 2 is 1.84 bits per heavy atom. The normalized spacial score (nSPS) is 20.5. The number of nitrogens with two attached hydrogens (primary N) is 1. The van der Waals surface area contributed by atoms with Crippen molar-refractivity contribution in [2.24, 2.45) is 11.1 Å². The van der Waals surface area contributed by atoms with E-state index in [9.17, 15) is 24.1 Å². The first-order valence-electron chi connectivity index (χ1n) is 11.1. The number of nitro benzene ring substituents is 1. The van der Waals surface area contributed by atoms with Crippen LogP contribution < -0.4 is 5.73 Å². The second kappa shape index (κ2) is 11.4. The minimum absolute atomic E-state index is 0. The van der Waals surface area contributed by atoms with Gasteiger partial charge in [-0.25, -0.2) is 19.2 Å². The van der Waals surface area contributed by atoms with E-state index in [1.54, 1.807) is 18.2 Å². The standard InChI is InChI=1S/C25H23FN4O6.ClH/c1-35-24(32)25(10-15-3-2-4-17(9-15)22-28-13-18(26)14-29-22)11-20(27)21(12-25)36-23(31)16-5-7-19(8-6-16)30(33)34;/h2-9,13-14,20-21H,10-12,27H2,1H3;1H/t20-,21-,25-;/m1./s1. The Balaban J connectivity index is 0.00000380. The van der Waals surface area contributed by atoms with E-state index < -0.39 is 40.2 Å². The molecule has 1 aliphatic carbocycles. The molecular weight excluding hydrogens is 507 g/mol. The Kier molecular flexibility index (Phi) is 8.51. The molecule has 194 valence electrons. The van der Waals surface area contributed by atoms with E-state index in [-0.39, 0.29) is 42.9 Å². The lowest BCUT2D eigenvalue weighted by Crippen LogP contribution is -2.34. The van der Waals surface area contributed by atoms with Crippen molar-refractivity contribution in [2.45, 2.75) is 31.4 Å². The maximum Gasteiger partial charge on any atom is 0.338 e. The molecule has 1 saturated carbocycles. The van der Waals surface area contributed by atoms with Gasteiger partial charge in [0.25, 0.3) is 5.69 Å². The number of rotatable bonds is 7. The number of hydrogen-bond donors (Lipinski definition) is 1. The van der Waals surface area contributed by atoms with E-state index in [4.69, 9.17) is 15.2 Å². The number of carbonyl (C=O) groups is 2. The van der Waals surface area contributed by atoms with Gasteiger partial charge in [0.2, 0.25) is 0 Å². The van der Waals surface area contributed by atoms with Crippen molar-refractivity contribution >= 4 is 30.0 Å². The highest BCUT2D eigenvalue weighted by Crippen LogP contribution is 2.43. The summed E-state index contributed by atoms with van der Waals surface area (Å²) in [7, 11) is 1.29. The van der Waals surface area contributed by atoms with Gasteiger partial charge in [0, 0.05) is 30.2 Å². The summed E-state index contributed by atoms with van der Waals surface area (Å²) in [6.07, 6.45) is 1.99. The molecule has 1 heterocycles. The topological polar surface area (TPSA) is 148 Å². The molecule has 0 spiro atoms. The molecule has 2 aromatic carbocycles. The first kappa shape index (κ1) is 27.6. The van der Waals surface area contributed by atoms with Crippen LogP contribution in [0.1, 0.15) is 28.8 Å². The fourth-order valence-corrected chi connectivity index (χ4v) is 4.53. The Bertz CT molecular complexity index is 1290. The van der Waals surface area contributed by atoms with Crippen LogP contribution in [0.2, 0.25) is 0 Å². The van der Waals surface area contributed by atoms with Gasteiger partial charge in [-0.3, -0.25) is 14.9 Å². The molecule has 3 atom stereocenters. The second-order valence-electron chi connectivity index (χ2n) is 8.69. The molecule has 3 aromatic rings. The van der Waals surface area contributed by atoms with E-state index in [0.717, 1.165) is 18.0 Å². The molecule has 1 fully saturated rings. The zero-order chi connectivity index (χ0) is 25.9. The summed E-state index contributed by atoms with van der Waals surface area (Å²) in [4.78, 5) is 43.9. The third-order valence-electron chi connectivity index (χ3n) is 6.23. The maximum absolute atomic E-state index is 13.2. The van der Waals surface area contributed by atoms with Crippen LogP contribution in [0.4, 0.5) is 10.1 Å². The van der Waals surface area contributed by atoms with Crippen molar-refractivity contribution in [3.05, 3.63) is 88.0 Å². The van der Waals surface area contributed by atoms with Gasteiger partial charge in [-0.15, -0.1) is 12.4 Å². The Morgan fingerprint density at radius 3 is 2.46 bits per heavy atom. The predicted molar refractivity (Wildman–Crippen MR) is 132 cm³/mol. The monoisotopic (exact) mass is 530 g/mol. The molecule has 0 radical (unpaired) electrons. The highest BCUT2D eigenvalue weighted by atomic mass is 35.5. The lowest BCUT2D eigenvalue weighted by Gasteiger charge is -2.26. The predicted octanol–water partition coefficient (Wildman–Crippen LogP) is 3.66. The average molecular weight is 531 g/mol. The molecule has 1 aliphatic rings. The van der Waals surface area contributed by atoms with E-state index in [2.05, 4.69) is 9.97 Å². The zero-order valence-electron chi connectivity index (χ0n) is 19.7. The van der Waals surface area contributed by atoms with E-state index in [1.807, 2.05) is 6.07 Å². The molecular formula is C25H24ClFN4O6. The van der Waals surface area contributed by atoms with Crippen LogP contribution in [-0.4, -0.2) is 46.1 Å². The smallest absolute Gasteiger partial charge is 0.338 e. The van der Waals surface area contributed by atoms with Crippen LogP contribution in [0, 0.1) is 21.3 Å². The molecule has 0 unspecified atom stereocenters. The number of hydrogen-bond acceptors (Lipinski definition) is 9.